The van der Waals surface area contributed by atoms with Crippen LogP contribution in [0.5, 0.6) is 0 Å². The monoisotopic (exact) mass is 208 g/mol. The second kappa shape index (κ2) is 6.56. The van der Waals surface area contributed by atoms with E-state index in [1.54, 1.807) is 0 Å². The van der Waals surface area contributed by atoms with Crippen LogP contribution in [-0.2, 0) is 17.9 Å². The summed E-state index contributed by atoms with van der Waals surface area (Å²) in [5.74, 6) is 0. The molecule has 84 valence electrons. The van der Waals surface area contributed by atoms with Crippen molar-refractivity contribution >= 4 is 0 Å². The zero-order valence-electron chi connectivity index (χ0n) is 9.57. The molecule has 0 aliphatic carbocycles. The Kier molecular flexibility index (Phi) is 5.32. The van der Waals surface area contributed by atoms with Gasteiger partial charge in [0.25, 0.3) is 0 Å². The topological polar surface area (TPSA) is 38.5 Å². The molecule has 0 fully saturated rings. The minimum Gasteiger partial charge on any atom is -0.375 e. The SMILES string of the molecule is CN(C)Cc1ccc(COCCN)cc1. The minimum absolute atomic E-state index is 0.582. The first-order valence-electron chi connectivity index (χ1n) is 5.22. The summed E-state index contributed by atoms with van der Waals surface area (Å²) in [6.45, 7) is 2.83. The largest absolute Gasteiger partial charge is 0.375 e. The van der Waals surface area contributed by atoms with Crippen LogP contribution in [0.15, 0.2) is 24.3 Å². The number of ether oxygens (including phenoxy) is 1. The Morgan fingerprint density at radius 1 is 1.13 bits per heavy atom. The van der Waals surface area contributed by atoms with E-state index < -0.39 is 0 Å². The van der Waals surface area contributed by atoms with Crippen molar-refractivity contribution in [2.45, 2.75) is 13.2 Å². The van der Waals surface area contributed by atoms with Gasteiger partial charge in [0.1, 0.15) is 0 Å². The van der Waals surface area contributed by atoms with Crippen molar-refractivity contribution in [1.82, 2.24) is 4.90 Å². The van der Waals surface area contributed by atoms with Gasteiger partial charge >= 0.3 is 0 Å². The molecule has 0 heterocycles. The maximum absolute atomic E-state index is 5.35. The molecule has 0 radical (unpaired) electrons. The van der Waals surface area contributed by atoms with Crippen LogP contribution in [0.2, 0.25) is 0 Å². The summed E-state index contributed by atoms with van der Waals surface area (Å²) in [7, 11) is 4.14. The Bertz CT molecular complexity index is 269. The lowest BCUT2D eigenvalue weighted by Crippen LogP contribution is -2.10. The van der Waals surface area contributed by atoms with Crippen molar-refractivity contribution < 1.29 is 4.74 Å². The molecule has 0 aliphatic heterocycles. The molecule has 0 spiro atoms. The molecular weight excluding hydrogens is 188 g/mol. The van der Waals surface area contributed by atoms with E-state index in [9.17, 15) is 0 Å². The lowest BCUT2D eigenvalue weighted by Gasteiger charge is -2.10. The molecule has 3 heteroatoms. The summed E-state index contributed by atoms with van der Waals surface area (Å²) in [6, 6.07) is 8.49. The van der Waals surface area contributed by atoms with Gasteiger partial charge in [0.05, 0.1) is 13.2 Å². The number of benzene rings is 1. The maximum Gasteiger partial charge on any atom is 0.0717 e. The van der Waals surface area contributed by atoms with Crippen molar-refractivity contribution in [2.75, 3.05) is 27.2 Å². The third-order valence-electron chi connectivity index (χ3n) is 2.05. The first kappa shape index (κ1) is 12.2. The summed E-state index contributed by atoms with van der Waals surface area (Å²) < 4.78 is 5.35. The molecule has 0 atom stereocenters. The summed E-state index contributed by atoms with van der Waals surface area (Å²) in [5, 5.41) is 0. The van der Waals surface area contributed by atoms with E-state index >= 15 is 0 Å². The Hall–Kier alpha value is -0.900. The van der Waals surface area contributed by atoms with Crippen LogP contribution in [0.1, 0.15) is 11.1 Å². The first-order valence-corrected chi connectivity index (χ1v) is 5.22. The van der Waals surface area contributed by atoms with Gasteiger partial charge in [0.15, 0.2) is 0 Å². The minimum atomic E-state index is 0.582. The molecule has 1 aromatic rings. The number of hydrogen-bond donors (Lipinski definition) is 1. The van der Waals surface area contributed by atoms with Crippen LogP contribution < -0.4 is 5.73 Å². The van der Waals surface area contributed by atoms with E-state index in [-0.39, 0.29) is 0 Å². The molecule has 0 saturated carbocycles. The lowest BCUT2D eigenvalue weighted by atomic mass is 10.1. The van der Waals surface area contributed by atoms with Crippen molar-refractivity contribution in [3.05, 3.63) is 35.4 Å². The highest BCUT2D eigenvalue weighted by atomic mass is 16.5. The quantitative estimate of drug-likeness (QED) is 0.714. The fourth-order valence-electron chi connectivity index (χ4n) is 1.38. The number of rotatable bonds is 6. The number of nitrogens with zero attached hydrogens (tertiary/aromatic N) is 1. The molecule has 0 amide bonds. The highest BCUT2D eigenvalue weighted by Crippen LogP contribution is 2.07. The van der Waals surface area contributed by atoms with Crippen molar-refractivity contribution in [2.24, 2.45) is 5.73 Å². The Labute approximate surface area is 91.8 Å². The van der Waals surface area contributed by atoms with Gasteiger partial charge in [-0.2, -0.15) is 0 Å². The van der Waals surface area contributed by atoms with E-state index in [1.807, 2.05) is 0 Å². The summed E-state index contributed by atoms with van der Waals surface area (Å²) in [6.07, 6.45) is 0. The Morgan fingerprint density at radius 2 is 1.73 bits per heavy atom. The third kappa shape index (κ3) is 4.93. The van der Waals surface area contributed by atoms with E-state index in [2.05, 4.69) is 43.3 Å². The van der Waals surface area contributed by atoms with Gasteiger partial charge in [-0.15, -0.1) is 0 Å². The van der Waals surface area contributed by atoms with Gasteiger partial charge < -0.3 is 15.4 Å². The van der Waals surface area contributed by atoms with Gasteiger partial charge in [-0.05, 0) is 25.2 Å². The molecule has 0 saturated heterocycles. The second-order valence-corrected chi connectivity index (χ2v) is 3.90. The second-order valence-electron chi connectivity index (χ2n) is 3.90. The average molecular weight is 208 g/mol. The predicted octanol–water partition coefficient (Wildman–Crippen LogP) is 1.22. The van der Waals surface area contributed by atoms with Crippen LogP contribution in [0, 0.1) is 0 Å². The number of hydrogen-bond acceptors (Lipinski definition) is 3. The normalized spacial score (nSPS) is 10.9. The average Bonchev–Trinajstić information content (AvgIpc) is 2.20. The van der Waals surface area contributed by atoms with Crippen LogP contribution in [-0.4, -0.2) is 32.1 Å². The Morgan fingerprint density at radius 3 is 2.27 bits per heavy atom. The van der Waals surface area contributed by atoms with Crippen LogP contribution in [0.4, 0.5) is 0 Å². The molecule has 15 heavy (non-hydrogen) atoms. The fourth-order valence-corrected chi connectivity index (χ4v) is 1.38. The maximum atomic E-state index is 5.35. The molecular formula is C12H20N2O. The lowest BCUT2D eigenvalue weighted by molar-refractivity contribution is 0.128. The van der Waals surface area contributed by atoms with Gasteiger partial charge in [-0.3, -0.25) is 0 Å². The Balaban J connectivity index is 2.42. The van der Waals surface area contributed by atoms with Crippen molar-refractivity contribution in [3.8, 4) is 0 Å². The van der Waals surface area contributed by atoms with Gasteiger partial charge in [-0.1, -0.05) is 24.3 Å². The smallest absolute Gasteiger partial charge is 0.0717 e. The van der Waals surface area contributed by atoms with Crippen molar-refractivity contribution in [1.29, 1.82) is 0 Å². The van der Waals surface area contributed by atoms with Crippen LogP contribution in [0.25, 0.3) is 0 Å². The molecule has 3 nitrogen and oxygen atoms in total. The molecule has 1 aromatic carbocycles. The highest BCUT2D eigenvalue weighted by molar-refractivity contribution is 5.21. The zero-order chi connectivity index (χ0) is 11.1. The molecule has 0 aliphatic rings. The fraction of sp³-hybridized carbons (Fsp3) is 0.500. The predicted molar refractivity (Wildman–Crippen MR) is 62.5 cm³/mol. The van der Waals surface area contributed by atoms with Crippen LogP contribution in [0.3, 0.4) is 0 Å². The van der Waals surface area contributed by atoms with Crippen LogP contribution >= 0.6 is 0 Å². The van der Waals surface area contributed by atoms with Gasteiger partial charge in [-0.25, -0.2) is 0 Å². The van der Waals surface area contributed by atoms with Gasteiger partial charge in [0, 0.05) is 13.1 Å². The third-order valence-corrected chi connectivity index (χ3v) is 2.05. The van der Waals surface area contributed by atoms with E-state index in [0.29, 0.717) is 19.8 Å². The summed E-state index contributed by atoms with van der Waals surface area (Å²) >= 11 is 0. The first-order chi connectivity index (χ1) is 7.22. The molecule has 1 rings (SSSR count). The summed E-state index contributed by atoms with van der Waals surface area (Å²) in [4.78, 5) is 2.15. The molecule has 2 N–H and O–H groups in total. The highest BCUT2D eigenvalue weighted by Gasteiger charge is 1.96. The standard InChI is InChI=1S/C12H20N2O/c1-14(2)9-11-3-5-12(6-4-11)10-15-8-7-13/h3-6H,7-10,13H2,1-2H3. The summed E-state index contributed by atoms with van der Waals surface area (Å²) in [5.41, 5.74) is 7.86. The molecule has 0 unspecified atom stereocenters. The number of nitrogens with two attached hydrogens (primary N) is 1. The van der Waals surface area contributed by atoms with Crippen molar-refractivity contribution in [3.63, 3.8) is 0 Å². The van der Waals surface area contributed by atoms with E-state index in [1.165, 1.54) is 11.1 Å². The molecule has 0 aromatic heterocycles. The van der Waals surface area contributed by atoms with E-state index in [0.717, 1.165) is 6.54 Å². The van der Waals surface area contributed by atoms with E-state index in [4.69, 9.17) is 10.5 Å². The van der Waals surface area contributed by atoms with Gasteiger partial charge in [0.2, 0.25) is 0 Å². The molecule has 0 bridgehead atoms. The zero-order valence-corrected chi connectivity index (χ0v) is 9.57.